The number of esters is 3. The lowest BCUT2D eigenvalue weighted by molar-refractivity contribution is -0.145. The highest BCUT2D eigenvalue weighted by Gasteiger charge is 2.13. The van der Waals surface area contributed by atoms with Gasteiger partial charge in [0.15, 0.2) is 0 Å². The highest BCUT2D eigenvalue weighted by atomic mass is 16.5. The molecule has 3 aromatic rings. The summed E-state index contributed by atoms with van der Waals surface area (Å²) >= 11 is 0. The van der Waals surface area contributed by atoms with Crippen LogP contribution in [0.1, 0.15) is 35.6 Å². The van der Waals surface area contributed by atoms with Crippen LogP contribution in [0.25, 0.3) is 0 Å². The molecule has 0 aliphatic heterocycles. The molecule has 3 rings (SSSR count). The quantitative estimate of drug-likeness (QED) is 0.241. The van der Waals surface area contributed by atoms with Crippen LogP contribution >= 0.6 is 0 Å². The lowest BCUT2D eigenvalue weighted by atomic mass is 10.2. The van der Waals surface area contributed by atoms with Crippen LogP contribution < -0.4 is 9.47 Å². The first-order valence-electron chi connectivity index (χ1n) is 11.0. The Morgan fingerprint density at radius 2 is 1.25 bits per heavy atom. The Morgan fingerprint density at radius 1 is 0.778 bits per heavy atom. The number of methoxy groups -OCH3 is 1. The van der Waals surface area contributed by atoms with E-state index in [2.05, 4.69) is 20.6 Å². The molecule has 0 spiro atoms. The summed E-state index contributed by atoms with van der Waals surface area (Å²) in [4.78, 5) is 35.3. The number of benzene rings is 1. The molecular weight excluding hydrogens is 476 g/mol. The average molecular weight is 502 g/mol. The monoisotopic (exact) mass is 502 g/mol. The number of rotatable bonds is 13. The summed E-state index contributed by atoms with van der Waals surface area (Å²) in [6.07, 6.45) is 3.11. The molecule has 192 valence electrons. The normalized spacial score (nSPS) is 10.5. The van der Waals surface area contributed by atoms with E-state index in [9.17, 15) is 14.4 Å². The van der Waals surface area contributed by atoms with Crippen molar-refractivity contribution in [3.8, 4) is 11.5 Å². The molecule has 0 bridgehead atoms. The summed E-state index contributed by atoms with van der Waals surface area (Å²) in [6, 6.07) is 4.58. The number of hydrogen-bond acceptors (Lipinski definition) is 12. The van der Waals surface area contributed by atoms with Gasteiger partial charge in [-0.05, 0) is 26.0 Å². The molecule has 0 saturated heterocycles. The van der Waals surface area contributed by atoms with Crippen LogP contribution in [-0.4, -0.2) is 68.2 Å². The lowest BCUT2D eigenvalue weighted by Gasteiger charge is -2.10. The van der Waals surface area contributed by atoms with E-state index in [0.29, 0.717) is 22.9 Å². The van der Waals surface area contributed by atoms with Gasteiger partial charge in [-0.3, -0.25) is 9.59 Å². The second-order valence-electron chi connectivity index (χ2n) is 7.19. The van der Waals surface area contributed by atoms with Gasteiger partial charge < -0.3 is 23.7 Å². The molecule has 2 aromatic heterocycles. The largest absolute Gasteiger partial charge is 0.487 e. The standard InChI is InChI=1S/C22H26N6O8/c1-4-33-20(29)11-27-9-16(23-25-27)13-35-18-6-15(22(31)32-3)7-19(8-18)36-14-17-10-28(26-24-17)12-21(30)34-5-2/h6-10H,4-5,11-14H2,1-3H3. The predicted octanol–water partition coefficient (Wildman–Crippen LogP) is 0.940. The smallest absolute Gasteiger partial charge is 0.338 e. The van der Waals surface area contributed by atoms with Crippen molar-refractivity contribution in [1.29, 1.82) is 0 Å². The molecular formula is C22H26N6O8. The molecule has 2 heterocycles. The summed E-state index contributed by atoms with van der Waals surface area (Å²) in [7, 11) is 1.26. The minimum Gasteiger partial charge on any atom is -0.487 e. The molecule has 0 atom stereocenters. The number of aromatic nitrogens is 6. The third-order valence-electron chi connectivity index (χ3n) is 4.44. The van der Waals surface area contributed by atoms with E-state index in [0.717, 1.165) is 0 Å². The Labute approximate surface area is 206 Å². The highest BCUT2D eigenvalue weighted by Crippen LogP contribution is 2.25. The molecule has 0 unspecified atom stereocenters. The number of carbonyl (C=O) groups is 3. The number of hydrogen-bond donors (Lipinski definition) is 0. The van der Waals surface area contributed by atoms with Crippen molar-refractivity contribution in [2.24, 2.45) is 0 Å². The zero-order valence-corrected chi connectivity index (χ0v) is 20.1. The van der Waals surface area contributed by atoms with Gasteiger partial charge in [-0.2, -0.15) is 0 Å². The Morgan fingerprint density at radius 3 is 1.67 bits per heavy atom. The highest BCUT2D eigenvalue weighted by molar-refractivity contribution is 5.90. The summed E-state index contributed by atoms with van der Waals surface area (Å²) in [6.45, 7) is 3.89. The second-order valence-corrected chi connectivity index (χ2v) is 7.19. The molecule has 0 radical (unpaired) electrons. The fraction of sp³-hybridized carbons (Fsp3) is 0.409. The molecule has 0 fully saturated rings. The zero-order chi connectivity index (χ0) is 25.9. The fourth-order valence-corrected chi connectivity index (χ4v) is 2.93. The van der Waals surface area contributed by atoms with Gasteiger partial charge in [-0.15, -0.1) is 10.2 Å². The SMILES string of the molecule is CCOC(=O)Cn1cc(COc2cc(OCc3cn(CC(=O)OCC)nn3)cc(C(=O)OC)c2)nn1. The summed E-state index contributed by atoms with van der Waals surface area (Å²) < 4.78 is 28.7. The van der Waals surface area contributed by atoms with Crippen LogP contribution in [0.2, 0.25) is 0 Å². The molecule has 36 heavy (non-hydrogen) atoms. The second kappa shape index (κ2) is 12.8. The van der Waals surface area contributed by atoms with Crippen molar-refractivity contribution in [1.82, 2.24) is 30.0 Å². The molecule has 14 nitrogen and oxygen atoms in total. The van der Waals surface area contributed by atoms with Crippen molar-refractivity contribution in [2.75, 3.05) is 20.3 Å². The topological polar surface area (TPSA) is 159 Å². The van der Waals surface area contributed by atoms with Crippen LogP contribution in [0.3, 0.4) is 0 Å². The van der Waals surface area contributed by atoms with Crippen molar-refractivity contribution in [3.63, 3.8) is 0 Å². The maximum Gasteiger partial charge on any atom is 0.338 e. The molecule has 0 amide bonds. The minimum absolute atomic E-state index is 0.0229. The fourth-order valence-electron chi connectivity index (χ4n) is 2.93. The molecule has 0 N–H and O–H groups in total. The average Bonchev–Trinajstić information content (AvgIpc) is 3.50. The maximum atomic E-state index is 12.1. The van der Waals surface area contributed by atoms with Crippen LogP contribution in [0, 0.1) is 0 Å². The maximum absolute atomic E-state index is 12.1. The Balaban J connectivity index is 1.64. The van der Waals surface area contributed by atoms with Crippen molar-refractivity contribution in [2.45, 2.75) is 40.2 Å². The van der Waals surface area contributed by atoms with Gasteiger partial charge in [0.05, 0.1) is 38.3 Å². The summed E-state index contributed by atoms with van der Waals surface area (Å²) in [5.74, 6) is -0.796. The molecule has 0 aliphatic rings. The first kappa shape index (κ1) is 26.1. The van der Waals surface area contributed by atoms with Gasteiger partial charge in [0.1, 0.15) is 49.2 Å². The summed E-state index contributed by atoms with van der Waals surface area (Å²) in [5.41, 5.74) is 1.13. The van der Waals surface area contributed by atoms with Crippen LogP contribution in [0.5, 0.6) is 11.5 Å². The first-order chi connectivity index (χ1) is 17.4. The Bertz CT molecular complexity index is 1110. The molecule has 14 heteroatoms. The van der Waals surface area contributed by atoms with E-state index in [-0.39, 0.29) is 45.1 Å². The van der Waals surface area contributed by atoms with E-state index in [1.807, 2.05) is 0 Å². The minimum atomic E-state index is -0.578. The van der Waals surface area contributed by atoms with E-state index < -0.39 is 17.9 Å². The predicted molar refractivity (Wildman–Crippen MR) is 120 cm³/mol. The van der Waals surface area contributed by atoms with E-state index >= 15 is 0 Å². The van der Waals surface area contributed by atoms with Gasteiger partial charge in [0.2, 0.25) is 0 Å². The van der Waals surface area contributed by atoms with Crippen molar-refractivity contribution >= 4 is 17.9 Å². The van der Waals surface area contributed by atoms with E-state index in [4.69, 9.17) is 23.7 Å². The van der Waals surface area contributed by atoms with E-state index in [1.165, 1.54) is 28.6 Å². The Hall–Kier alpha value is -4.49. The molecule has 1 aromatic carbocycles. The summed E-state index contributed by atoms with van der Waals surface area (Å²) in [5, 5.41) is 15.6. The van der Waals surface area contributed by atoms with Crippen LogP contribution in [0.4, 0.5) is 0 Å². The third kappa shape index (κ3) is 7.78. The third-order valence-corrected chi connectivity index (χ3v) is 4.44. The van der Waals surface area contributed by atoms with Gasteiger partial charge in [0.25, 0.3) is 0 Å². The van der Waals surface area contributed by atoms with E-state index in [1.54, 1.807) is 32.3 Å². The Kier molecular flexibility index (Phi) is 9.31. The first-order valence-corrected chi connectivity index (χ1v) is 11.0. The van der Waals surface area contributed by atoms with Gasteiger partial charge >= 0.3 is 17.9 Å². The van der Waals surface area contributed by atoms with Gasteiger partial charge in [-0.25, -0.2) is 14.2 Å². The van der Waals surface area contributed by atoms with Crippen molar-refractivity contribution in [3.05, 3.63) is 47.5 Å². The van der Waals surface area contributed by atoms with Crippen LogP contribution in [-0.2, 0) is 50.1 Å². The molecule has 0 saturated carbocycles. The number of ether oxygens (including phenoxy) is 5. The van der Waals surface area contributed by atoms with Crippen LogP contribution in [0.15, 0.2) is 30.6 Å². The zero-order valence-electron chi connectivity index (χ0n) is 20.1. The van der Waals surface area contributed by atoms with Gasteiger partial charge in [0, 0.05) is 6.07 Å². The van der Waals surface area contributed by atoms with Gasteiger partial charge in [-0.1, -0.05) is 10.4 Å². The lowest BCUT2D eigenvalue weighted by Crippen LogP contribution is -2.13. The number of carbonyl (C=O) groups excluding carboxylic acids is 3. The van der Waals surface area contributed by atoms with Crippen molar-refractivity contribution < 1.29 is 38.1 Å². The molecule has 0 aliphatic carbocycles. The number of nitrogens with zero attached hydrogens (tertiary/aromatic N) is 6.